The lowest BCUT2D eigenvalue weighted by molar-refractivity contribution is 0.122. The Morgan fingerprint density at radius 2 is 1.79 bits per heavy atom. The third kappa shape index (κ3) is 5.86. The number of rotatable bonds is 8. The van der Waals surface area contributed by atoms with Gasteiger partial charge >= 0.3 is 6.03 Å². The molecule has 1 atom stereocenters. The maximum Gasteiger partial charge on any atom is 0.319 e. The van der Waals surface area contributed by atoms with E-state index in [1.54, 1.807) is 0 Å². The van der Waals surface area contributed by atoms with Crippen molar-refractivity contribution in [1.29, 1.82) is 0 Å². The van der Waals surface area contributed by atoms with Gasteiger partial charge in [-0.25, -0.2) is 4.79 Å². The summed E-state index contributed by atoms with van der Waals surface area (Å²) in [4.78, 5) is 17.5. The maximum absolute atomic E-state index is 12.6. The van der Waals surface area contributed by atoms with E-state index in [9.17, 15) is 4.79 Å². The summed E-state index contributed by atoms with van der Waals surface area (Å²) in [5.41, 5.74) is 3.15. The van der Waals surface area contributed by atoms with E-state index in [-0.39, 0.29) is 6.03 Å². The number of nitrogens with one attached hydrogen (secondary N) is 2. The number of likely N-dealkylation sites (tertiary alicyclic amines) is 1. The number of carbonyl (C=O) groups is 1. The minimum atomic E-state index is -0.109. The van der Waals surface area contributed by atoms with Crippen molar-refractivity contribution < 1.29 is 9.53 Å². The Labute approximate surface area is 176 Å². The SMILES string of the molecule is CCC(CC)[C@@H](CNC(=O)Nc1ccc(N2CCOCC2)cc1C)N1CCCC1. The highest BCUT2D eigenvalue weighted by Gasteiger charge is 2.27. The van der Waals surface area contributed by atoms with E-state index in [1.807, 2.05) is 6.07 Å². The zero-order valence-corrected chi connectivity index (χ0v) is 18.4. The highest BCUT2D eigenvalue weighted by atomic mass is 16.5. The summed E-state index contributed by atoms with van der Waals surface area (Å²) in [6.07, 6.45) is 4.86. The molecule has 0 aromatic heterocycles. The summed E-state index contributed by atoms with van der Waals surface area (Å²) in [5, 5.41) is 6.19. The molecular formula is C23H38N4O2. The molecule has 3 rings (SSSR count). The molecule has 162 valence electrons. The van der Waals surface area contributed by atoms with Crippen LogP contribution in [0.25, 0.3) is 0 Å². The van der Waals surface area contributed by atoms with Gasteiger partial charge in [-0.1, -0.05) is 26.7 Å². The van der Waals surface area contributed by atoms with E-state index in [0.717, 1.165) is 63.5 Å². The first-order chi connectivity index (χ1) is 14.1. The van der Waals surface area contributed by atoms with Gasteiger partial charge in [0.15, 0.2) is 0 Å². The summed E-state index contributed by atoms with van der Waals surface area (Å²) < 4.78 is 5.43. The number of amides is 2. The van der Waals surface area contributed by atoms with Gasteiger partial charge in [0, 0.05) is 37.1 Å². The molecule has 2 heterocycles. The zero-order chi connectivity index (χ0) is 20.6. The predicted octanol–water partition coefficient (Wildman–Crippen LogP) is 3.85. The molecule has 2 N–H and O–H groups in total. The van der Waals surface area contributed by atoms with Gasteiger partial charge in [0.05, 0.1) is 13.2 Å². The fraction of sp³-hybridized carbons (Fsp3) is 0.696. The molecule has 1 aromatic rings. The van der Waals surface area contributed by atoms with Crippen LogP contribution in [0.5, 0.6) is 0 Å². The van der Waals surface area contributed by atoms with E-state index < -0.39 is 0 Å². The van der Waals surface area contributed by atoms with Crippen molar-refractivity contribution in [2.45, 2.75) is 52.5 Å². The predicted molar refractivity (Wildman–Crippen MR) is 120 cm³/mol. The van der Waals surface area contributed by atoms with Gasteiger partial charge in [-0.2, -0.15) is 0 Å². The number of urea groups is 1. The van der Waals surface area contributed by atoms with Crippen molar-refractivity contribution in [2.75, 3.05) is 56.2 Å². The molecule has 0 unspecified atom stereocenters. The Hall–Kier alpha value is -1.79. The number of hydrogen-bond donors (Lipinski definition) is 2. The summed E-state index contributed by atoms with van der Waals surface area (Å²) in [6, 6.07) is 6.58. The second kappa shape index (κ2) is 10.8. The Bertz CT molecular complexity index is 648. The molecule has 1 aromatic carbocycles. The number of aryl methyl sites for hydroxylation is 1. The summed E-state index contributed by atoms with van der Waals surface area (Å²) >= 11 is 0. The van der Waals surface area contributed by atoms with Crippen LogP contribution in [0.2, 0.25) is 0 Å². The lowest BCUT2D eigenvalue weighted by Crippen LogP contribution is -2.47. The molecule has 0 bridgehead atoms. The fourth-order valence-electron chi connectivity index (χ4n) is 4.67. The third-order valence-corrected chi connectivity index (χ3v) is 6.51. The highest BCUT2D eigenvalue weighted by Crippen LogP contribution is 2.24. The van der Waals surface area contributed by atoms with Crippen LogP contribution in [0, 0.1) is 12.8 Å². The number of morpholine rings is 1. The topological polar surface area (TPSA) is 56.8 Å². The molecule has 0 radical (unpaired) electrons. The highest BCUT2D eigenvalue weighted by molar-refractivity contribution is 5.90. The molecule has 2 aliphatic heterocycles. The standard InChI is InChI=1S/C23H38N4O2/c1-4-19(5-2)22(27-10-6-7-11-27)17-24-23(28)25-21-9-8-20(16-18(21)3)26-12-14-29-15-13-26/h8-9,16,19,22H,4-7,10-15,17H2,1-3H3,(H2,24,25,28)/t22-/m1/s1. The van der Waals surface area contributed by atoms with Crippen molar-refractivity contribution in [3.8, 4) is 0 Å². The maximum atomic E-state index is 12.6. The molecule has 0 aliphatic carbocycles. The molecule has 2 amide bonds. The van der Waals surface area contributed by atoms with E-state index in [2.05, 4.69) is 53.3 Å². The normalized spacial score (nSPS) is 18.8. The van der Waals surface area contributed by atoms with Gasteiger partial charge in [-0.3, -0.25) is 4.90 Å². The number of benzene rings is 1. The molecule has 2 fully saturated rings. The molecule has 0 saturated carbocycles. The minimum absolute atomic E-state index is 0.109. The van der Waals surface area contributed by atoms with Crippen molar-refractivity contribution in [3.63, 3.8) is 0 Å². The Morgan fingerprint density at radius 1 is 1.10 bits per heavy atom. The van der Waals surface area contributed by atoms with Crippen molar-refractivity contribution in [2.24, 2.45) is 5.92 Å². The van der Waals surface area contributed by atoms with Crippen LogP contribution in [-0.2, 0) is 4.74 Å². The van der Waals surface area contributed by atoms with Crippen molar-refractivity contribution >= 4 is 17.4 Å². The Morgan fingerprint density at radius 3 is 2.41 bits per heavy atom. The third-order valence-electron chi connectivity index (χ3n) is 6.51. The molecule has 29 heavy (non-hydrogen) atoms. The first kappa shape index (κ1) is 21.9. The van der Waals surface area contributed by atoms with Crippen molar-refractivity contribution in [3.05, 3.63) is 23.8 Å². The number of carbonyl (C=O) groups excluding carboxylic acids is 1. The van der Waals surface area contributed by atoms with Gasteiger partial charge in [0.2, 0.25) is 0 Å². The number of nitrogens with zero attached hydrogens (tertiary/aromatic N) is 2. The molecule has 0 spiro atoms. The summed E-state index contributed by atoms with van der Waals surface area (Å²) in [5.74, 6) is 0.628. The van der Waals surface area contributed by atoms with Crippen molar-refractivity contribution in [1.82, 2.24) is 10.2 Å². The number of ether oxygens (including phenoxy) is 1. The summed E-state index contributed by atoms with van der Waals surface area (Å²) in [6.45, 7) is 13.0. The molecule has 2 saturated heterocycles. The lowest BCUT2D eigenvalue weighted by Gasteiger charge is -2.34. The molecule has 2 aliphatic rings. The van der Waals surface area contributed by atoms with Crippen LogP contribution in [0.15, 0.2) is 18.2 Å². The quantitative estimate of drug-likeness (QED) is 0.693. The number of anilines is 2. The van der Waals surface area contributed by atoms with Crippen LogP contribution < -0.4 is 15.5 Å². The van der Waals surface area contributed by atoms with Crippen LogP contribution in [0.4, 0.5) is 16.2 Å². The van der Waals surface area contributed by atoms with Gasteiger partial charge in [-0.05, 0) is 62.5 Å². The average molecular weight is 403 g/mol. The van der Waals surface area contributed by atoms with Crippen LogP contribution in [0.1, 0.15) is 45.1 Å². The van der Waals surface area contributed by atoms with Gasteiger partial charge < -0.3 is 20.3 Å². The largest absolute Gasteiger partial charge is 0.378 e. The van der Waals surface area contributed by atoms with Crippen LogP contribution in [-0.4, -0.2) is 62.9 Å². The molecule has 6 nitrogen and oxygen atoms in total. The lowest BCUT2D eigenvalue weighted by atomic mass is 9.93. The smallest absolute Gasteiger partial charge is 0.319 e. The van der Waals surface area contributed by atoms with Gasteiger partial charge in [0.25, 0.3) is 0 Å². The van der Waals surface area contributed by atoms with Crippen LogP contribution in [0.3, 0.4) is 0 Å². The van der Waals surface area contributed by atoms with Crippen LogP contribution >= 0.6 is 0 Å². The average Bonchev–Trinajstić information content (AvgIpc) is 3.27. The molecular weight excluding hydrogens is 364 g/mol. The first-order valence-electron chi connectivity index (χ1n) is 11.3. The second-order valence-corrected chi connectivity index (χ2v) is 8.32. The van der Waals surface area contributed by atoms with E-state index in [1.165, 1.54) is 18.5 Å². The first-order valence-corrected chi connectivity index (χ1v) is 11.3. The van der Waals surface area contributed by atoms with Gasteiger partial charge in [-0.15, -0.1) is 0 Å². The van der Waals surface area contributed by atoms with E-state index in [0.29, 0.717) is 18.5 Å². The number of hydrogen-bond acceptors (Lipinski definition) is 4. The van der Waals surface area contributed by atoms with Gasteiger partial charge in [0.1, 0.15) is 0 Å². The molecule has 6 heteroatoms. The fourth-order valence-corrected chi connectivity index (χ4v) is 4.67. The van der Waals surface area contributed by atoms with E-state index >= 15 is 0 Å². The monoisotopic (exact) mass is 402 g/mol. The second-order valence-electron chi connectivity index (χ2n) is 8.32. The van der Waals surface area contributed by atoms with E-state index in [4.69, 9.17) is 4.74 Å². The Balaban J connectivity index is 1.56. The minimum Gasteiger partial charge on any atom is -0.378 e. The Kier molecular flexibility index (Phi) is 8.19. The zero-order valence-electron chi connectivity index (χ0n) is 18.4. The summed E-state index contributed by atoms with van der Waals surface area (Å²) in [7, 11) is 0.